The third-order valence-electron chi connectivity index (χ3n) is 3.14. The van der Waals surface area contributed by atoms with E-state index in [2.05, 4.69) is 13.5 Å². The van der Waals surface area contributed by atoms with Gasteiger partial charge in [-0.25, -0.2) is 0 Å². The molecule has 0 unspecified atom stereocenters. The Morgan fingerprint density at radius 3 is 2.75 bits per heavy atom. The zero-order valence-corrected chi connectivity index (χ0v) is 7.66. The van der Waals surface area contributed by atoms with Gasteiger partial charge in [0.15, 0.2) is 0 Å². The summed E-state index contributed by atoms with van der Waals surface area (Å²) < 4.78 is 0. The fourth-order valence-electron chi connectivity index (χ4n) is 2.05. The minimum absolute atomic E-state index is 0.0770. The number of allylic oxidation sites excluding steroid dienone is 1. The van der Waals surface area contributed by atoms with Crippen LogP contribution in [-0.4, -0.2) is 22.9 Å². The highest BCUT2D eigenvalue weighted by Crippen LogP contribution is 2.41. The summed E-state index contributed by atoms with van der Waals surface area (Å²) in [5.74, 6) is 0.276. The fraction of sp³-hybridized carbons (Fsp3) is 0.800. The van der Waals surface area contributed by atoms with E-state index in [4.69, 9.17) is 5.11 Å². The van der Waals surface area contributed by atoms with Gasteiger partial charge in [-0.15, -0.1) is 6.58 Å². The normalized spacial score (nSPS) is 42.6. The molecule has 2 nitrogen and oxygen atoms in total. The first-order valence-corrected chi connectivity index (χ1v) is 4.55. The van der Waals surface area contributed by atoms with E-state index in [1.54, 1.807) is 0 Å². The maximum atomic E-state index is 9.46. The van der Waals surface area contributed by atoms with Gasteiger partial charge in [-0.05, 0) is 30.6 Å². The van der Waals surface area contributed by atoms with Crippen LogP contribution in [0.5, 0.6) is 0 Å². The maximum Gasteiger partial charge on any atom is 0.0548 e. The molecule has 0 saturated heterocycles. The Bertz CT molecular complexity index is 167. The lowest BCUT2D eigenvalue weighted by atomic mass is 9.67. The smallest absolute Gasteiger partial charge is 0.0548 e. The van der Waals surface area contributed by atoms with Gasteiger partial charge in [0.1, 0.15) is 0 Å². The highest BCUT2D eigenvalue weighted by Gasteiger charge is 2.36. The predicted molar refractivity (Wildman–Crippen MR) is 48.7 cm³/mol. The molecule has 1 aliphatic rings. The molecule has 0 aromatic carbocycles. The molecule has 0 amide bonds. The molecular weight excluding hydrogens is 152 g/mol. The van der Waals surface area contributed by atoms with E-state index in [1.807, 2.05) is 6.08 Å². The molecule has 0 aromatic heterocycles. The molecule has 2 heteroatoms. The molecule has 0 bridgehead atoms. The Morgan fingerprint density at radius 1 is 1.58 bits per heavy atom. The van der Waals surface area contributed by atoms with Crippen LogP contribution in [0, 0.1) is 11.3 Å². The van der Waals surface area contributed by atoms with Crippen molar-refractivity contribution >= 4 is 0 Å². The van der Waals surface area contributed by atoms with Crippen molar-refractivity contribution in [3.63, 3.8) is 0 Å². The molecule has 0 aromatic rings. The van der Waals surface area contributed by atoms with E-state index in [0.717, 1.165) is 19.3 Å². The van der Waals surface area contributed by atoms with E-state index in [9.17, 15) is 5.11 Å². The molecule has 1 saturated carbocycles. The van der Waals surface area contributed by atoms with E-state index in [1.165, 1.54) is 0 Å². The average Bonchev–Trinajstić information content (AvgIpc) is 2.05. The van der Waals surface area contributed by atoms with Crippen LogP contribution >= 0.6 is 0 Å². The Labute approximate surface area is 73.9 Å². The van der Waals surface area contributed by atoms with Gasteiger partial charge in [0.2, 0.25) is 0 Å². The summed E-state index contributed by atoms with van der Waals surface area (Å²) in [7, 11) is 0. The minimum atomic E-state index is -0.212. The number of aliphatic hydroxyl groups is 2. The Morgan fingerprint density at radius 2 is 2.25 bits per heavy atom. The van der Waals surface area contributed by atoms with Gasteiger partial charge in [-0.3, -0.25) is 0 Å². The molecule has 0 spiro atoms. The van der Waals surface area contributed by atoms with Crippen LogP contribution < -0.4 is 0 Å². The topological polar surface area (TPSA) is 40.5 Å². The quantitative estimate of drug-likeness (QED) is 0.614. The standard InChI is InChI=1S/C10H18O2/c1-3-10(2)6-9(12)5-4-8(10)7-11/h3,8-9,11-12H,1,4-7H2,2H3/t8-,9-,10+/m1/s1. The molecule has 12 heavy (non-hydrogen) atoms. The van der Waals surface area contributed by atoms with Gasteiger partial charge >= 0.3 is 0 Å². The zero-order valence-electron chi connectivity index (χ0n) is 7.66. The summed E-state index contributed by atoms with van der Waals surface area (Å²) >= 11 is 0. The number of hydrogen-bond acceptors (Lipinski definition) is 2. The first-order chi connectivity index (χ1) is 5.62. The first kappa shape index (κ1) is 9.75. The van der Waals surface area contributed by atoms with E-state index in [-0.39, 0.29) is 24.0 Å². The molecular formula is C10H18O2. The van der Waals surface area contributed by atoms with Crippen LogP contribution in [-0.2, 0) is 0 Å². The molecule has 0 heterocycles. The highest BCUT2D eigenvalue weighted by atomic mass is 16.3. The van der Waals surface area contributed by atoms with E-state index < -0.39 is 0 Å². The van der Waals surface area contributed by atoms with Gasteiger partial charge < -0.3 is 10.2 Å². The molecule has 70 valence electrons. The van der Waals surface area contributed by atoms with Crippen molar-refractivity contribution in [2.45, 2.75) is 32.3 Å². The molecule has 3 atom stereocenters. The summed E-state index contributed by atoms with van der Waals surface area (Å²) in [5, 5.41) is 18.6. The van der Waals surface area contributed by atoms with Gasteiger partial charge in [-0.2, -0.15) is 0 Å². The molecule has 1 aliphatic carbocycles. The molecule has 0 radical (unpaired) electrons. The molecule has 1 rings (SSSR count). The largest absolute Gasteiger partial charge is 0.396 e. The second-order valence-electron chi connectivity index (χ2n) is 4.02. The summed E-state index contributed by atoms with van der Waals surface area (Å²) in [6.45, 7) is 6.03. The van der Waals surface area contributed by atoms with Crippen LogP contribution in [0.15, 0.2) is 12.7 Å². The Hall–Kier alpha value is -0.340. The summed E-state index contributed by atoms with van der Waals surface area (Å²) in [5.41, 5.74) is -0.0770. The van der Waals surface area contributed by atoms with Crippen molar-refractivity contribution < 1.29 is 10.2 Å². The minimum Gasteiger partial charge on any atom is -0.396 e. The second kappa shape index (κ2) is 3.58. The van der Waals surface area contributed by atoms with Gasteiger partial charge in [0.25, 0.3) is 0 Å². The third kappa shape index (κ3) is 1.70. The SMILES string of the molecule is C=C[C@@]1(C)C[C@H](O)CC[C@@H]1CO. The van der Waals surface area contributed by atoms with E-state index >= 15 is 0 Å². The van der Waals surface area contributed by atoms with Crippen LogP contribution in [0.1, 0.15) is 26.2 Å². The first-order valence-electron chi connectivity index (χ1n) is 4.55. The lowest BCUT2D eigenvalue weighted by molar-refractivity contribution is 0.0154. The molecule has 2 N–H and O–H groups in total. The van der Waals surface area contributed by atoms with Crippen LogP contribution in [0.2, 0.25) is 0 Å². The van der Waals surface area contributed by atoms with Crippen LogP contribution in [0.3, 0.4) is 0 Å². The van der Waals surface area contributed by atoms with Crippen molar-refractivity contribution in [3.8, 4) is 0 Å². The van der Waals surface area contributed by atoms with Gasteiger partial charge in [-0.1, -0.05) is 13.0 Å². The van der Waals surface area contributed by atoms with Crippen LogP contribution in [0.4, 0.5) is 0 Å². The van der Waals surface area contributed by atoms with Crippen molar-refractivity contribution in [2.24, 2.45) is 11.3 Å². The lowest BCUT2D eigenvalue weighted by Crippen LogP contribution is -2.37. The predicted octanol–water partition coefficient (Wildman–Crippen LogP) is 1.33. The number of aliphatic hydroxyl groups excluding tert-OH is 2. The third-order valence-corrected chi connectivity index (χ3v) is 3.14. The molecule has 1 fully saturated rings. The van der Waals surface area contributed by atoms with E-state index in [0.29, 0.717) is 0 Å². The lowest BCUT2D eigenvalue weighted by Gasteiger charge is -2.40. The maximum absolute atomic E-state index is 9.46. The Kier molecular flexibility index (Phi) is 2.91. The average molecular weight is 170 g/mol. The number of rotatable bonds is 2. The van der Waals surface area contributed by atoms with Gasteiger partial charge in [0, 0.05) is 6.61 Å². The van der Waals surface area contributed by atoms with Crippen molar-refractivity contribution in [2.75, 3.05) is 6.61 Å². The zero-order chi connectivity index (χ0) is 9.19. The monoisotopic (exact) mass is 170 g/mol. The molecule has 0 aliphatic heterocycles. The summed E-state index contributed by atoms with van der Waals surface area (Å²) in [6, 6.07) is 0. The van der Waals surface area contributed by atoms with Crippen LogP contribution in [0.25, 0.3) is 0 Å². The number of hydrogen-bond donors (Lipinski definition) is 2. The van der Waals surface area contributed by atoms with Crippen molar-refractivity contribution in [1.29, 1.82) is 0 Å². The van der Waals surface area contributed by atoms with Gasteiger partial charge in [0.05, 0.1) is 6.10 Å². The summed E-state index contributed by atoms with van der Waals surface area (Å²) in [4.78, 5) is 0. The highest BCUT2D eigenvalue weighted by molar-refractivity contribution is 5.00. The van der Waals surface area contributed by atoms with Crippen molar-refractivity contribution in [1.82, 2.24) is 0 Å². The van der Waals surface area contributed by atoms with Crippen molar-refractivity contribution in [3.05, 3.63) is 12.7 Å². The second-order valence-corrected chi connectivity index (χ2v) is 4.02. The summed E-state index contributed by atoms with van der Waals surface area (Å²) in [6.07, 6.45) is 4.11. The fourth-order valence-corrected chi connectivity index (χ4v) is 2.05. The Balaban J connectivity index is 2.70.